The van der Waals surface area contributed by atoms with E-state index in [0.717, 1.165) is 59.2 Å². The first-order valence-electron chi connectivity index (χ1n) is 10.2. The van der Waals surface area contributed by atoms with E-state index in [9.17, 15) is 4.91 Å². The van der Waals surface area contributed by atoms with E-state index < -0.39 is 0 Å². The van der Waals surface area contributed by atoms with Crippen LogP contribution >= 0.6 is 11.3 Å². The third kappa shape index (κ3) is 3.16. The van der Waals surface area contributed by atoms with Crippen LogP contribution in [-0.2, 0) is 6.54 Å². The fourth-order valence-corrected chi connectivity index (χ4v) is 5.68. The second-order valence-corrected chi connectivity index (χ2v) is 9.12. The summed E-state index contributed by atoms with van der Waals surface area (Å²) in [5, 5.41) is 4.95. The maximum absolute atomic E-state index is 11.0. The minimum Gasteiger partial charge on any atom is -0.460 e. The lowest BCUT2D eigenvalue weighted by atomic mass is 9.98. The van der Waals surface area contributed by atoms with Crippen molar-refractivity contribution in [3.63, 3.8) is 0 Å². The highest BCUT2D eigenvalue weighted by molar-refractivity contribution is 7.20. The van der Waals surface area contributed by atoms with Crippen LogP contribution in [0, 0.1) is 4.91 Å². The monoisotopic (exact) mass is 420 g/mol. The molecule has 5 heterocycles. The highest BCUT2D eigenvalue weighted by atomic mass is 32.1. The molecule has 2 aliphatic heterocycles. The average Bonchev–Trinajstić information content (AvgIpc) is 3.40. The molecule has 0 radical (unpaired) electrons. The zero-order valence-electron chi connectivity index (χ0n) is 16.2. The zero-order valence-corrected chi connectivity index (χ0v) is 17.0. The number of aromatic nitrogens is 2. The van der Waals surface area contributed by atoms with E-state index in [4.69, 9.17) is 9.15 Å². The molecule has 7 nitrogen and oxygen atoms in total. The Morgan fingerprint density at radius 3 is 2.87 bits per heavy atom. The molecule has 4 aromatic rings. The Kier molecular flexibility index (Phi) is 4.28. The summed E-state index contributed by atoms with van der Waals surface area (Å²) in [5.41, 5.74) is 1.64. The SMILES string of the molecule is O=NC1CC2CC[C@H](C1)N2Cc1cc2ccc(Oc3nc4cnccc4s3)cc2o1. The van der Waals surface area contributed by atoms with Crippen LogP contribution in [0.3, 0.4) is 0 Å². The summed E-state index contributed by atoms with van der Waals surface area (Å²) < 4.78 is 13.2. The van der Waals surface area contributed by atoms with E-state index in [-0.39, 0.29) is 6.04 Å². The summed E-state index contributed by atoms with van der Waals surface area (Å²) in [6.45, 7) is 0.774. The van der Waals surface area contributed by atoms with E-state index in [2.05, 4.69) is 26.1 Å². The van der Waals surface area contributed by atoms with E-state index in [1.807, 2.05) is 24.3 Å². The fraction of sp³-hybridized carbons (Fsp3) is 0.364. The van der Waals surface area contributed by atoms with Crippen molar-refractivity contribution >= 4 is 32.5 Å². The van der Waals surface area contributed by atoms with Crippen LogP contribution in [0.25, 0.3) is 21.2 Å². The summed E-state index contributed by atoms with van der Waals surface area (Å²) in [6.07, 6.45) is 7.53. The van der Waals surface area contributed by atoms with Crippen molar-refractivity contribution in [1.29, 1.82) is 0 Å². The van der Waals surface area contributed by atoms with Gasteiger partial charge in [0.05, 0.1) is 23.5 Å². The van der Waals surface area contributed by atoms with Crippen molar-refractivity contribution in [1.82, 2.24) is 14.9 Å². The van der Waals surface area contributed by atoms with Crippen LogP contribution in [0.1, 0.15) is 31.4 Å². The Morgan fingerprint density at radius 2 is 2.07 bits per heavy atom. The molecule has 2 fully saturated rings. The minimum absolute atomic E-state index is 0.0209. The minimum atomic E-state index is -0.0209. The van der Waals surface area contributed by atoms with Crippen molar-refractivity contribution in [2.24, 2.45) is 5.18 Å². The lowest BCUT2D eigenvalue weighted by Crippen LogP contribution is -2.43. The Morgan fingerprint density at radius 1 is 1.20 bits per heavy atom. The Hall–Kier alpha value is -2.84. The van der Waals surface area contributed by atoms with E-state index in [0.29, 0.717) is 23.0 Å². The molecule has 2 bridgehead atoms. The van der Waals surface area contributed by atoms with Gasteiger partial charge in [-0.15, -0.1) is 0 Å². The molecule has 0 N–H and O–H groups in total. The molecule has 0 amide bonds. The van der Waals surface area contributed by atoms with Gasteiger partial charge < -0.3 is 9.15 Å². The van der Waals surface area contributed by atoms with Gasteiger partial charge >= 0.3 is 0 Å². The first-order chi connectivity index (χ1) is 14.7. The highest BCUT2D eigenvalue weighted by Gasteiger charge is 2.41. The summed E-state index contributed by atoms with van der Waals surface area (Å²) in [4.78, 5) is 22.0. The summed E-state index contributed by atoms with van der Waals surface area (Å²) in [6, 6.07) is 10.8. The van der Waals surface area contributed by atoms with Crippen molar-refractivity contribution < 1.29 is 9.15 Å². The number of ether oxygens (including phenoxy) is 1. The number of piperidine rings is 1. The van der Waals surface area contributed by atoms with Crippen molar-refractivity contribution in [2.45, 2.75) is 50.4 Å². The number of nitrogens with zero attached hydrogens (tertiary/aromatic N) is 4. The van der Waals surface area contributed by atoms with Gasteiger partial charge in [-0.25, -0.2) is 4.98 Å². The molecule has 0 aliphatic carbocycles. The number of benzene rings is 1. The smallest absolute Gasteiger partial charge is 0.279 e. The topological polar surface area (TPSA) is 80.8 Å². The summed E-state index contributed by atoms with van der Waals surface area (Å²) in [5.74, 6) is 1.65. The second kappa shape index (κ2) is 7.14. The van der Waals surface area contributed by atoms with Crippen molar-refractivity contribution in [2.75, 3.05) is 0 Å². The quantitative estimate of drug-likeness (QED) is 0.397. The average molecular weight is 420 g/mol. The molecule has 152 valence electrons. The van der Waals surface area contributed by atoms with E-state index >= 15 is 0 Å². The normalized spacial score (nSPS) is 23.9. The fourth-order valence-electron chi connectivity index (χ4n) is 4.88. The van der Waals surface area contributed by atoms with Gasteiger partial charge in [0, 0.05) is 29.7 Å². The van der Waals surface area contributed by atoms with Crippen molar-refractivity contribution in [3.05, 3.63) is 53.4 Å². The number of hydrogen-bond donors (Lipinski definition) is 0. The molecule has 8 heteroatoms. The number of nitroso groups, excluding NO2 is 1. The first kappa shape index (κ1) is 18.0. The number of pyridine rings is 1. The molecule has 2 unspecified atom stereocenters. The summed E-state index contributed by atoms with van der Waals surface area (Å²) in [7, 11) is 0. The van der Waals surface area contributed by atoms with Crippen LogP contribution in [0.4, 0.5) is 0 Å². The van der Waals surface area contributed by atoms with Crippen molar-refractivity contribution in [3.8, 4) is 10.9 Å². The van der Waals surface area contributed by atoms with Gasteiger partial charge in [0.25, 0.3) is 5.19 Å². The van der Waals surface area contributed by atoms with E-state index in [1.54, 1.807) is 12.4 Å². The third-order valence-electron chi connectivity index (χ3n) is 6.26. The molecule has 2 aliphatic rings. The van der Waals surface area contributed by atoms with Gasteiger partial charge in [-0.05, 0) is 49.9 Å². The molecule has 1 aromatic carbocycles. The molecule has 0 saturated carbocycles. The Labute approximate surface area is 176 Å². The Bertz CT molecular complexity index is 1190. The molecule has 30 heavy (non-hydrogen) atoms. The second-order valence-electron chi connectivity index (χ2n) is 8.13. The molecule has 0 spiro atoms. The molecule has 2 saturated heterocycles. The largest absolute Gasteiger partial charge is 0.460 e. The van der Waals surface area contributed by atoms with Crippen LogP contribution in [0.15, 0.2) is 52.3 Å². The molecule has 3 atom stereocenters. The van der Waals surface area contributed by atoms with Gasteiger partial charge in [0.1, 0.15) is 22.6 Å². The third-order valence-corrected chi connectivity index (χ3v) is 7.18. The van der Waals surface area contributed by atoms with Crippen LogP contribution in [0.2, 0.25) is 0 Å². The van der Waals surface area contributed by atoms with Gasteiger partial charge in [-0.3, -0.25) is 9.88 Å². The standard InChI is InChI=1S/C22H20N4O3S/c27-25-14-8-15-2-3-16(9-14)26(15)12-18-7-13-1-4-17(10-20(13)28-18)29-22-24-19-11-23-6-5-21(19)30-22/h1,4-7,10-11,14-16H,2-3,8-9,12H2/t14?,15-,16?/m1/s1. The maximum atomic E-state index is 11.0. The number of furan rings is 1. The Balaban J connectivity index is 1.21. The number of thiazole rings is 1. The number of fused-ring (bicyclic) bond motifs is 4. The molecule has 3 aromatic heterocycles. The molecular formula is C22H20N4O3S. The predicted octanol–water partition coefficient (Wildman–Crippen LogP) is 5.49. The molecule has 6 rings (SSSR count). The highest BCUT2D eigenvalue weighted by Crippen LogP contribution is 2.39. The lowest BCUT2D eigenvalue weighted by molar-refractivity contribution is 0.112. The number of rotatable bonds is 5. The molecular weight excluding hydrogens is 400 g/mol. The van der Waals surface area contributed by atoms with Gasteiger partial charge in [-0.2, -0.15) is 4.91 Å². The maximum Gasteiger partial charge on any atom is 0.279 e. The number of hydrogen-bond acceptors (Lipinski definition) is 8. The van der Waals surface area contributed by atoms with Crippen LogP contribution in [-0.4, -0.2) is 33.0 Å². The van der Waals surface area contributed by atoms with Gasteiger partial charge in [-0.1, -0.05) is 16.5 Å². The summed E-state index contributed by atoms with van der Waals surface area (Å²) >= 11 is 1.49. The lowest BCUT2D eigenvalue weighted by Gasteiger charge is -2.35. The predicted molar refractivity (Wildman–Crippen MR) is 115 cm³/mol. The zero-order chi connectivity index (χ0) is 20.1. The van der Waals surface area contributed by atoms with E-state index in [1.165, 1.54) is 11.3 Å². The van der Waals surface area contributed by atoms with Crippen LogP contribution in [0.5, 0.6) is 10.9 Å². The first-order valence-corrected chi connectivity index (χ1v) is 11.1. The van der Waals surface area contributed by atoms with Crippen LogP contribution < -0.4 is 4.74 Å². The van der Waals surface area contributed by atoms with Gasteiger partial charge in [0.2, 0.25) is 0 Å². The van der Waals surface area contributed by atoms with Gasteiger partial charge in [0.15, 0.2) is 0 Å².